The van der Waals surface area contributed by atoms with Crippen LogP contribution in [0.15, 0.2) is 24.3 Å². The number of aliphatic hydroxyl groups excluding tert-OH is 5. The molecule has 1 aliphatic carbocycles. The average molecular weight is 1000 g/mol. The van der Waals surface area contributed by atoms with Crippen LogP contribution in [0.1, 0.15) is 258 Å². The van der Waals surface area contributed by atoms with Crippen LogP contribution in [0, 0.1) is 0 Å². The summed E-state index contributed by atoms with van der Waals surface area (Å²) in [5.74, 6) is -1.14. The standard InChI is InChI=1S/C55H103O13P/c1-3-5-7-9-11-13-15-17-19-21-22-23-24-25-26-28-30-32-34-36-38-40-42-44-49(57)67-47(46-66-69(63,64)68-55-53(61)51(59)50(58)52(60)54(55)62)45-65-48(56)43-41-39-37-35-33-31-29-27-20-18-16-14-12-10-8-6-4-2/h29,31,35,37,47,50-55,58-62H,3-28,30,32-34,36,38-46H2,1-2H3,(H,63,64)/b31-29+,37-35+/t47-,50?,51-,52?,53?,54?,55?/m1/s1. The highest BCUT2D eigenvalue weighted by atomic mass is 31.2. The Labute approximate surface area is 419 Å². The van der Waals surface area contributed by atoms with E-state index in [1.54, 1.807) is 0 Å². The molecular formula is C55H103O13P. The number of hydrogen-bond acceptors (Lipinski definition) is 12. The molecule has 1 rings (SSSR count). The van der Waals surface area contributed by atoms with Gasteiger partial charge < -0.3 is 39.9 Å². The molecule has 0 saturated heterocycles. The second kappa shape index (κ2) is 45.0. The molecule has 14 heteroatoms. The maximum Gasteiger partial charge on any atom is 0.472 e. The molecule has 406 valence electrons. The summed E-state index contributed by atoms with van der Waals surface area (Å²) in [6.07, 6.45) is 39.5. The summed E-state index contributed by atoms with van der Waals surface area (Å²) >= 11 is 0. The Morgan fingerprint density at radius 3 is 1.22 bits per heavy atom. The molecule has 0 amide bonds. The minimum absolute atomic E-state index is 0.0935. The molecule has 69 heavy (non-hydrogen) atoms. The number of ether oxygens (including phenoxy) is 2. The van der Waals surface area contributed by atoms with E-state index in [0.717, 1.165) is 38.5 Å². The topological polar surface area (TPSA) is 210 Å². The average Bonchev–Trinajstić information content (AvgIpc) is 3.33. The summed E-state index contributed by atoms with van der Waals surface area (Å²) < 4.78 is 33.7. The molecular weight excluding hydrogens is 900 g/mol. The first-order valence-electron chi connectivity index (χ1n) is 28.1. The number of phosphoric ester groups is 1. The van der Waals surface area contributed by atoms with E-state index in [1.165, 1.54) is 173 Å². The third-order valence-electron chi connectivity index (χ3n) is 13.3. The minimum atomic E-state index is -5.13. The lowest BCUT2D eigenvalue weighted by Crippen LogP contribution is -2.64. The van der Waals surface area contributed by atoms with Gasteiger partial charge in [-0.15, -0.1) is 0 Å². The van der Waals surface area contributed by atoms with Crippen LogP contribution in [-0.2, 0) is 32.7 Å². The number of phosphoric acid groups is 1. The van der Waals surface area contributed by atoms with Crippen LogP contribution in [-0.4, -0.2) is 98.3 Å². The summed E-state index contributed by atoms with van der Waals surface area (Å²) in [5, 5.41) is 50.3. The number of carbonyl (C=O) groups excluding carboxylic acids is 2. The summed E-state index contributed by atoms with van der Waals surface area (Å²) in [5.41, 5.74) is 0. The van der Waals surface area contributed by atoms with E-state index in [0.29, 0.717) is 19.3 Å². The van der Waals surface area contributed by atoms with Gasteiger partial charge in [-0.05, 0) is 38.5 Å². The molecule has 0 aliphatic heterocycles. The van der Waals surface area contributed by atoms with Gasteiger partial charge in [-0.3, -0.25) is 18.6 Å². The lowest BCUT2D eigenvalue weighted by Gasteiger charge is -2.41. The first-order valence-corrected chi connectivity index (χ1v) is 29.6. The lowest BCUT2D eigenvalue weighted by molar-refractivity contribution is -0.220. The summed E-state index contributed by atoms with van der Waals surface area (Å²) in [4.78, 5) is 35.9. The Kier molecular flexibility index (Phi) is 42.6. The molecule has 1 aliphatic rings. The second-order valence-corrected chi connectivity index (χ2v) is 21.2. The predicted octanol–water partition coefficient (Wildman–Crippen LogP) is 12.7. The van der Waals surface area contributed by atoms with Crippen molar-refractivity contribution in [2.75, 3.05) is 13.2 Å². The first kappa shape index (κ1) is 65.3. The third kappa shape index (κ3) is 36.8. The van der Waals surface area contributed by atoms with Crippen molar-refractivity contribution in [2.45, 2.75) is 301 Å². The molecule has 0 radical (unpaired) electrons. The smallest absolute Gasteiger partial charge is 0.462 e. The van der Waals surface area contributed by atoms with E-state index >= 15 is 0 Å². The van der Waals surface area contributed by atoms with Crippen LogP contribution in [0.5, 0.6) is 0 Å². The minimum Gasteiger partial charge on any atom is -0.462 e. The Balaban J connectivity index is 2.35. The van der Waals surface area contributed by atoms with Gasteiger partial charge in [0.25, 0.3) is 0 Å². The fourth-order valence-electron chi connectivity index (χ4n) is 8.80. The number of rotatable bonds is 48. The number of esters is 2. The van der Waals surface area contributed by atoms with E-state index in [-0.39, 0.29) is 12.8 Å². The van der Waals surface area contributed by atoms with Crippen LogP contribution in [0.4, 0.5) is 0 Å². The van der Waals surface area contributed by atoms with Gasteiger partial charge in [-0.25, -0.2) is 4.57 Å². The normalized spacial score (nSPS) is 21.0. The lowest BCUT2D eigenvalue weighted by atomic mass is 9.85. The molecule has 1 fully saturated rings. The molecule has 8 atom stereocenters. The Morgan fingerprint density at radius 1 is 0.449 bits per heavy atom. The maximum atomic E-state index is 12.9. The van der Waals surface area contributed by atoms with Crippen LogP contribution in [0.2, 0.25) is 0 Å². The van der Waals surface area contributed by atoms with Crippen LogP contribution in [0.25, 0.3) is 0 Å². The van der Waals surface area contributed by atoms with Gasteiger partial charge in [-0.2, -0.15) is 0 Å². The highest BCUT2D eigenvalue weighted by Gasteiger charge is 2.51. The number of aliphatic hydroxyl groups is 5. The van der Waals surface area contributed by atoms with Crippen LogP contribution < -0.4 is 0 Å². The predicted molar refractivity (Wildman–Crippen MR) is 277 cm³/mol. The van der Waals surface area contributed by atoms with Crippen molar-refractivity contribution in [2.24, 2.45) is 0 Å². The molecule has 0 spiro atoms. The Morgan fingerprint density at radius 2 is 0.797 bits per heavy atom. The van der Waals surface area contributed by atoms with Crippen molar-refractivity contribution >= 4 is 19.8 Å². The van der Waals surface area contributed by atoms with E-state index in [4.69, 9.17) is 18.5 Å². The van der Waals surface area contributed by atoms with Crippen molar-refractivity contribution in [3.05, 3.63) is 24.3 Å². The highest BCUT2D eigenvalue weighted by Crippen LogP contribution is 2.47. The van der Waals surface area contributed by atoms with Gasteiger partial charge in [-0.1, -0.05) is 231 Å². The van der Waals surface area contributed by atoms with Gasteiger partial charge in [0.1, 0.15) is 43.2 Å². The molecule has 13 nitrogen and oxygen atoms in total. The molecule has 1 saturated carbocycles. The number of hydrogen-bond donors (Lipinski definition) is 6. The largest absolute Gasteiger partial charge is 0.472 e. The summed E-state index contributed by atoms with van der Waals surface area (Å²) in [6, 6.07) is 0. The fraction of sp³-hybridized carbons (Fsp3) is 0.891. The highest BCUT2D eigenvalue weighted by molar-refractivity contribution is 7.47. The van der Waals surface area contributed by atoms with Crippen LogP contribution >= 0.6 is 7.82 Å². The number of carbonyl (C=O) groups is 2. The first-order chi connectivity index (χ1) is 33.4. The summed E-state index contributed by atoms with van der Waals surface area (Å²) in [6.45, 7) is 3.32. The SMILES string of the molecule is CCCCCCCCCCC/C=C/C/C=C/CCCC(=O)OC[C@H](COP(=O)(O)OC1C(O)C(O)C(O)[C@@H](O)C1O)OC(=O)CCCCCCCCCCCCCCCCCCCCCCCCC. The fourth-order valence-corrected chi connectivity index (χ4v) is 9.77. The molecule has 6 N–H and O–H groups in total. The molecule has 0 aromatic rings. The monoisotopic (exact) mass is 1000 g/mol. The molecule has 0 aromatic carbocycles. The van der Waals surface area contributed by atoms with E-state index < -0.39 is 75.7 Å². The van der Waals surface area contributed by atoms with Crippen molar-refractivity contribution in [3.8, 4) is 0 Å². The number of unbranched alkanes of at least 4 members (excludes halogenated alkanes) is 32. The van der Waals surface area contributed by atoms with Crippen molar-refractivity contribution in [3.63, 3.8) is 0 Å². The van der Waals surface area contributed by atoms with E-state index in [2.05, 4.69) is 32.1 Å². The molecule has 0 bridgehead atoms. The Bertz CT molecular complexity index is 1300. The van der Waals surface area contributed by atoms with Gasteiger partial charge in [0.15, 0.2) is 6.10 Å². The Hall–Kier alpha value is -1.67. The van der Waals surface area contributed by atoms with Crippen molar-refractivity contribution in [1.82, 2.24) is 0 Å². The molecule has 0 heterocycles. The maximum absolute atomic E-state index is 12.9. The van der Waals surface area contributed by atoms with E-state index in [1.807, 2.05) is 6.08 Å². The quantitative estimate of drug-likeness (QED) is 0.0145. The van der Waals surface area contributed by atoms with Gasteiger partial charge in [0.05, 0.1) is 6.61 Å². The van der Waals surface area contributed by atoms with Gasteiger partial charge >= 0.3 is 19.8 Å². The van der Waals surface area contributed by atoms with Gasteiger partial charge in [0.2, 0.25) is 0 Å². The van der Waals surface area contributed by atoms with Crippen LogP contribution in [0.3, 0.4) is 0 Å². The zero-order valence-corrected chi connectivity index (χ0v) is 44.5. The molecule has 6 unspecified atom stereocenters. The van der Waals surface area contributed by atoms with Gasteiger partial charge in [0, 0.05) is 12.8 Å². The van der Waals surface area contributed by atoms with Crippen molar-refractivity contribution in [1.29, 1.82) is 0 Å². The number of allylic oxidation sites excluding steroid dienone is 4. The molecule has 0 aromatic heterocycles. The van der Waals surface area contributed by atoms with Crippen molar-refractivity contribution < 1.29 is 63.1 Å². The van der Waals surface area contributed by atoms with E-state index in [9.17, 15) is 44.6 Å². The zero-order chi connectivity index (χ0) is 50.6. The second-order valence-electron chi connectivity index (χ2n) is 19.8. The third-order valence-corrected chi connectivity index (χ3v) is 14.3. The zero-order valence-electron chi connectivity index (χ0n) is 43.6. The summed E-state index contributed by atoms with van der Waals surface area (Å²) in [7, 11) is -5.13.